The van der Waals surface area contributed by atoms with E-state index in [1.807, 2.05) is 0 Å². The van der Waals surface area contributed by atoms with Crippen molar-refractivity contribution in [3.63, 3.8) is 0 Å². The van der Waals surface area contributed by atoms with E-state index in [1.165, 1.54) is 27.8 Å². The quantitative estimate of drug-likeness (QED) is 0.431. The average molecular weight is 433 g/mol. The molecule has 32 heavy (non-hydrogen) atoms. The van der Waals surface area contributed by atoms with Crippen molar-refractivity contribution in [2.75, 3.05) is 26.4 Å². The van der Waals surface area contributed by atoms with Crippen molar-refractivity contribution in [3.05, 3.63) is 71.3 Å². The monoisotopic (exact) mass is 432 g/mol. The molecule has 3 aliphatic rings. The molecule has 0 radical (unpaired) electrons. The van der Waals surface area contributed by atoms with Crippen molar-refractivity contribution in [2.24, 2.45) is 0 Å². The highest BCUT2D eigenvalue weighted by Crippen LogP contribution is 2.36. The van der Waals surface area contributed by atoms with Crippen LogP contribution < -0.4 is 9.47 Å². The summed E-state index contributed by atoms with van der Waals surface area (Å²) in [7, 11) is 0. The highest BCUT2D eigenvalue weighted by Gasteiger charge is 2.24. The smallest absolute Gasteiger partial charge is 0.122 e. The van der Waals surface area contributed by atoms with Crippen molar-refractivity contribution in [2.45, 2.75) is 51.2 Å². The Labute approximate surface area is 190 Å². The third-order valence-corrected chi connectivity index (χ3v) is 6.55. The molecule has 4 heteroatoms. The number of benzene rings is 2. The van der Waals surface area contributed by atoms with Gasteiger partial charge in [0.1, 0.15) is 36.9 Å². The highest BCUT2D eigenvalue weighted by molar-refractivity contribution is 5.78. The molecule has 0 N–H and O–H groups in total. The molecule has 2 fully saturated rings. The molecule has 5 rings (SSSR count). The summed E-state index contributed by atoms with van der Waals surface area (Å²) in [5.74, 6) is 2.37. The molecular weight excluding hydrogens is 400 g/mol. The van der Waals surface area contributed by atoms with Crippen LogP contribution in [0.15, 0.2) is 54.6 Å². The predicted octanol–water partition coefficient (Wildman–Crippen LogP) is 6.02. The Hall–Kier alpha value is -2.56. The molecule has 2 aromatic carbocycles. The summed E-state index contributed by atoms with van der Waals surface area (Å²) in [5.41, 5.74) is 6.63. The summed E-state index contributed by atoms with van der Waals surface area (Å²) in [6.45, 7) is 7.45. The van der Waals surface area contributed by atoms with E-state index in [4.69, 9.17) is 18.9 Å². The lowest BCUT2D eigenvalue weighted by Gasteiger charge is -2.19. The first-order chi connectivity index (χ1) is 15.7. The zero-order valence-corrected chi connectivity index (χ0v) is 19.0. The first-order valence-corrected chi connectivity index (χ1v) is 11.8. The van der Waals surface area contributed by atoms with Crippen LogP contribution in [-0.4, -0.2) is 38.6 Å². The van der Waals surface area contributed by atoms with Crippen LogP contribution in [0.5, 0.6) is 11.5 Å². The zero-order chi connectivity index (χ0) is 21.9. The van der Waals surface area contributed by atoms with Gasteiger partial charge in [0, 0.05) is 0 Å². The second kappa shape index (κ2) is 9.51. The van der Waals surface area contributed by atoms with Crippen molar-refractivity contribution in [1.29, 1.82) is 0 Å². The summed E-state index contributed by atoms with van der Waals surface area (Å²) in [5, 5.41) is 0. The van der Waals surface area contributed by atoms with Gasteiger partial charge in [0.15, 0.2) is 0 Å². The van der Waals surface area contributed by atoms with Crippen molar-refractivity contribution >= 4 is 11.1 Å². The second-order valence-electron chi connectivity index (χ2n) is 8.99. The van der Waals surface area contributed by atoms with Crippen LogP contribution in [0.1, 0.15) is 55.7 Å². The molecule has 4 nitrogen and oxygen atoms in total. The number of rotatable bonds is 10. The van der Waals surface area contributed by atoms with Gasteiger partial charge < -0.3 is 18.9 Å². The van der Waals surface area contributed by atoms with E-state index in [-0.39, 0.29) is 12.2 Å². The molecular formula is C28H32O4. The molecule has 2 aromatic rings. The van der Waals surface area contributed by atoms with E-state index in [1.54, 1.807) is 0 Å². The largest absolute Gasteiger partial charge is 0.491 e. The minimum atomic E-state index is 0.275. The molecule has 0 saturated carbocycles. The molecule has 3 atom stereocenters. The Morgan fingerprint density at radius 2 is 1.44 bits per heavy atom. The third-order valence-electron chi connectivity index (χ3n) is 6.55. The summed E-state index contributed by atoms with van der Waals surface area (Å²) in [4.78, 5) is 0. The van der Waals surface area contributed by atoms with Gasteiger partial charge in [-0.25, -0.2) is 0 Å². The van der Waals surface area contributed by atoms with Gasteiger partial charge in [-0.05, 0) is 77.3 Å². The lowest BCUT2D eigenvalue weighted by molar-refractivity contribution is 0.260. The molecule has 3 unspecified atom stereocenters. The van der Waals surface area contributed by atoms with E-state index >= 15 is 0 Å². The zero-order valence-electron chi connectivity index (χ0n) is 19.0. The van der Waals surface area contributed by atoms with Gasteiger partial charge in [-0.1, -0.05) is 44.2 Å². The Morgan fingerprint density at radius 3 is 2.03 bits per heavy atom. The van der Waals surface area contributed by atoms with Gasteiger partial charge in [-0.3, -0.25) is 0 Å². The van der Waals surface area contributed by atoms with Crippen molar-refractivity contribution < 1.29 is 18.9 Å². The van der Waals surface area contributed by atoms with Gasteiger partial charge >= 0.3 is 0 Å². The van der Waals surface area contributed by atoms with Crippen LogP contribution in [0.4, 0.5) is 0 Å². The highest BCUT2D eigenvalue weighted by atomic mass is 16.6. The maximum Gasteiger partial charge on any atom is 0.122 e. The van der Waals surface area contributed by atoms with Crippen molar-refractivity contribution in [1.82, 2.24) is 0 Å². The standard InChI is InChI=1S/C28H32O4/c1-3-19(2)27-14-23(10-13-28(27)32-18-26-17-31-26)22-6-4-20(5-7-22)21-8-11-24(12-9-21)29-15-25-16-30-25/h4,7-14,19,25-26H,3,5-6,15-18H2,1-2H3. The summed E-state index contributed by atoms with van der Waals surface area (Å²) in [6, 6.07) is 15.1. The summed E-state index contributed by atoms with van der Waals surface area (Å²) < 4.78 is 22.3. The van der Waals surface area contributed by atoms with Crippen molar-refractivity contribution in [3.8, 4) is 11.5 Å². The van der Waals surface area contributed by atoms with Crippen LogP contribution in [0.2, 0.25) is 0 Å². The summed E-state index contributed by atoms with van der Waals surface area (Å²) in [6.07, 6.45) is 8.28. The van der Waals surface area contributed by atoms with Gasteiger partial charge in [-0.15, -0.1) is 0 Å². The molecule has 0 amide bonds. The van der Waals surface area contributed by atoms with E-state index in [0.717, 1.165) is 44.0 Å². The lowest BCUT2D eigenvalue weighted by atomic mass is 9.88. The molecule has 2 saturated heterocycles. The maximum absolute atomic E-state index is 6.07. The fourth-order valence-corrected chi connectivity index (χ4v) is 4.05. The molecule has 0 bridgehead atoms. The number of epoxide rings is 2. The van der Waals surface area contributed by atoms with E-state index in [0.29, 0.717) is 19.1 Å². The number of hydrogen-bond donors (Lipinski definition) is 0. The van der Waals surface area contributed by atoms with Gasteiger partial charge in [0.05, 0.1) is 13.2 Å². The van der Waals surface area contributed by atoms with Gasteiger partial charge in [0.25, 0.3) is 0 Å². The van der Waals surface area contributed by atoms with E-state index in [9.17, 15) is 0 Å². The number of ether oxygens (including phenoxy) is 4. The maximum atomic E-state index is 6.07. The van der Waals surface area contributed by atoms with Crippen LogP contribution in [0.3, 0.4) is 0 Å². The Bertz CT molecular complexity index is 997. The number of allylic oxidation sites excluding steroid dienone is 4. The Balaban J connectivity index is 1.25. The van der Waals surface area contributed by atoms with Crippen LogP contribution in [-0.2, 0) is 9.47 Å². The van der Waals surface area contributed by atoms with Gasteiger partial charge in [0.2, 0.25) is 0 Å². The fraction of sp³-hybridized carbons (Fsp3) is 0.429. The molecule has 0 spiro atoms. The minimum absolute atomic E-state index is 0.275. The molecule has 168 valence electrons. The molecule has 1 aliphatic carbocycles. The lowest BCUT2D eigenvalue weighted by Crippen LogP contribution is -2.07. The number of hydrogen-bond acceptors (Lipinski definition) is 4. The van der Waals surface area contributed by atoms with E-state index < -0.39 is 0 Å². The predicted molar refractivity (Wildman–Crippen MR) is 127 cm³/mol. The topological polar surface area (TPSA) is 43.5 Å². The first kappa shape index (κ1) is 21.3. The van der Waals surface area contributed by atoms with Crippen LogP contribution in [0, 0.1) is 0 Å². The summed E-state index contributed by atoms with van der Waals surface area (Å²) >= 11 is 0. The molecule has 2 heterocycles. The second-order valence-corrected chi connectivity index (χ2v) is 8.99. The average Bonchev–Trinajstić information content (AvgIpc) is 3.77. The fourth-order valence-electron chi connectivity index (χ4n) is 4.05. The minimum Gasteiger partial charge on any atom is -0.491 e. The molecule has 0 aromatic heterocycles. The third kappa shape index (κ3) is 5.25. The first-order valence-electron chi connectivity index (χ1n) is 11.8. The van der Waals surface area contributed by atoms with Gasteiger partial charge in [-0.2, -0.15) is 0 Å². The molecule has 2 aliphatic heterocycles. The Morgan fingerprint density at radius 1 is 0.844 bits per heavy atom. The SMILES string of the molecule is CCC(C)c1cc(C2=CCC(c3ccc(OCC4CO4)cc3)=CC2)ccc1OCC1CO1. The van der Waals surface area contributed by atoms with E-state index in [2.05, 4.69) is 68.5 Å². The van der Waals surface area contributed by atoms with Crippen LogP contribution >= 0.6 is 0 Å². The van der Waals surface area contributed by atoms with Crippen LogP contribution in [0.25, 0.3) is 11.1 Å². The normalized spacial score (nSPS) is 22.6. The Kier molecular flexibility index (Phi) is 6.33.